The number of anilines is 2. The molecule has 0 saturated carbocycles. The molecule has 2 amide bonds. The average molecular weight is 513 g/mol. The number of hydrogen-bond acceptors (Lipinski definition) is 7. The summed E-state index contributed by atoms with van der Waals surface area (Å²) in [6, 6.07) is 19.7. The molecule has 0 fully saturated rings. The van der Waals surface area contributed by atoms with Gasteiger partial charge in [0, 0.05) is 50.7 Å². The molecule has 0 unspecified atom stereocenters. The Labute approximate surface area is 223 Å². The molecule has 196 valence electrons. The molecule has 2 N–H and O–H groups in total. The van der Waals surface area contributed by atoms with Crippen molar-refractivity contribution in [2.75, 3.05) is 44.6 Å². The fourth-order valence-electron chi connectivity index (χ4n) is 3.32. The van der Waals surface area contributed by atoms with Crippen molar-refractivity contribution in [3.8, 4) is 5.75 Å². The summed E-state index contributed by atoms with van der Waals surface area (Å²) in [7, 11) is 7.73. The summed E-state index contributed by atoms with van der Waals surface area (Å²) in [5, 5.41) is 8.15. The zero-order valence-corrected chi connectivity index (χ0v) is 22.0. The van der Waals surface area contributed by atoms with Crippen LogP contribution in [0.15, 0.2) is 89.6 Å². The molecule has 0 bridgehead atoms. The van der Waals surface area contributed by atoms with E-state index in [0.29, 0.717) is 34.6 Å². The van der Waals surface area contributed by atoms with Crippen molar-refractivity contribution in [2.24, 2.45) is 10.2 Å². The summed E-state index contributed by atoms with van der Waals surface area (Å²) in [6.07, 6.45) is 4.66. The summed E-state index contributed by atoms with van der Waals surface area (Å²) >= 11 is 0. The maximum absolute atomic E-state index is 12.4. The number of benzene rings is 3. The van der Waals surface area contributed by atoms with Crippen molar-refractivity contribution < 1.29 is 14.3 Å². The molecule has 9 heteroatoms. The van der Waals surface area contributed by atoms with Crippen LogP contribution < -0.4 is 25.4 Å². The second kappa shape index (κ2) is 13.4. The molecule has 0 aromatic heterocycles. The van der Waals surface area contributed by atoms with E-state index >= 15 is 0 Å². The highest BCUT2D eigenvalue weighted by molar-refractivity contribution is 5.96. The van der Waals surface area contributed by atoms with Crippen molar-refractivity contribution in [1.29, 1.82) is 0 Å². The van der Waals surface area contributed by atoms with Crippen LogP contribution in [0.25, 0.3) is 0 Å². The largest absolute Gasteiger partial charge is 0.490 e. The van der Waals surface area contributed by atoms with Gasteiger partial charge in [-0.1, -0.05) is 12.7 Å². The van der Waals surface area contributed by atoms with Crippen LogP contribution in [0.3, 0.4) is 0 Å². The molecule has 3 aromatic carbocycles. The van der Waals surface area contributed by atoms with E-state index < -0.39 is 0 Å². The quantitative estimate of drug-likeness (QED) is 0.231. The predicted molar refractivity (Wildman–Crippen MR) is 154 cm³/mol. The molecular weight excluding hydrogens is 480 g/mol. The van der Waals surface area contributed by atoms with Crippen molar-refractivity contribution in [2.45, 2.75) is 0 Å². The Kier molecular flexibility index (Phi) is 9.76. The zero-order chi connectivity index (χ0) is 27.5. The molecule has 9 nitrogen and oxygen atoms in total. The van der Waals surface area contributed by atoms with Gasteiger partial charge in [-0.3, -0.25) is 9.59 Å². The van der Waals surface area contributed by atoms with E-state index in [9.17, 15) is 9.59 Å². The number of carbonyl (C=O) groups excluding carboxylic acids is 2. The first-order valence-corrected chi connectivity index (χ1v) is 11.9. The van der Waals surface area contributed by atoms with Crippen LogP contribution in [0.2, 0.25) is 0 Å². The van der Waals surface area contributed by atoms with Gasteiger partial charge in [0.05, 0.1) is 12.4 Å². The summed E-state index contributed by atoms with van der Waals surface area (Å²) in [4.78, 5) is 28.8. The third kappa shape index (κ3) is 8.06. The topological polar surface area (TPSA) is 98.6 Å². The van der Waals surface area contributed by atoms with Crippen molar-refractivity contribution in [1.82, 2.24) is 10.9 Å². The molecule has 0 spiro atoms. The van der Waals surface area contributed by atoms with Crippen LogP contribution >= 0.6 is 0 Å². The Balaban J connectivity index is 1.68. The van der Waals surface area contributed by atoms with Crippen molar-refractivity contribution in [3.05, 3.63) is 102 Å². The predicted octanol–water partition coefficient (Wildman–Crippen LogP) is 3.91. The third-order valence-corrected chi connectivity index (χ3v) is 5.37. The van der Waals surface area contributed by atoms with Gasteiger partial charge in [0.15, 0.2) is 0 Å². The normalized spacial score (nSPS) is 10.8. The zero-order valence-electron chi connectivity index (χ0n) is 22.0. The molecule has 3 aromatic rings. The molecular formula is C29H32N6O3. The molecule has 0 radical (unpaired) electrons. The monoisotopic (exact) mass is 512 g/mol. The number of hydrogen-bond donors (Lipinski definition) is 2. The fourth-order valence-corrected chi connectivity index (χ4v) is 3.32. The van der Waals surface area contributed by atoms with Crippen LogP contribution in [-0.4, -0.2) is 59.0 Å². The number of hydrazone groups is 2. The molecule has 0 aliphatic carbocycles. The van der Waals surface area contributed by atoms with Crippen LogP contribution in [0, 0.1) is 0 Å². The molecule has 0 heterocycles. The lowest BCUT2D eigenvalue weighted by Crippen LogP contribution is -2.18. The fraction of sp³-hybridized carbons (Fsp3) is 0.172. The molecule has 0 aliphatic rings. The van der Waals surface area contributed by atoms with E-state index in [1.807, 2.05) is 62.3 Å². The third-order valence-electron chi connectivity index (χ3n) is 5.37. The van der Waals surface area contributed by atoms with Crippen LogP contribution in [-0.2, 0) is 0 Å². The maximum Gasteiger partial charge on any atom is 0.271 e. The van der Waals surface area contributed by atoms with Gasteiger partial charge in [-0.25, -0.2) is 10.9 Å². The second-order valence-corrected chi connectivity index (χ2v) is 8.72. The van der Waals surface area contributed by atoms with Crippen LogP contribution in [0.1, 0.15) is 31.8 Å². The Hall–Kier alpha value is -4.92. The van der Waals surface area contributed by atoms with Crippen LogP contribution in [0.5, 0.6) is 5.75 Å². The van der Waals surface area contributed by atoms with Crippen LogP contribution in [0.4, 0.5) is 11.4 Å². The molecule has 38 heavy (non-hydrogen) atoms. The van der Waals surface area contributed by atoms with Crippen molar-refractivity contribution >= 4 is 35.6 Å². The number of ether oxygens (including phenoxy) is 1. The first-order chi connectivity index (χ1) is 18.3. The minimum atomic E-state index is -0.325. The smallest absolute Gasteiger partial charge is 0.271 e. The van der Waals surface area contributed by atoms with E-state index in [0.717, 1.165) is 11.4 Å². The summed E-state index contributed by atoms with van der Waals surface area (Å²) < 4.78 is 5.67. The summed E-state index contributed by atoms with van der Waals surface area (Å²) in [5.74, 6) is -0.0889. The number of rotatable bonds is 11. The van der Waals surface area contributed by atoms with Gasteiger partial charge in [0.1, 0.15) is 12.4 Å². The number of nitrogens with zero attached hydrogens (tertiary/aromatic N) is 4. The lowest BCUT2D eigenvalue weighted by atomic mass is 10.1. The number of nitrogens with one attached hydrogen (secondary N) is 2. The molecule has 0 saturated heterocycles. The first kappa shape index (κ1) is 27.7. The highest BCUT2D eigenvalue weighted by Gasteiger charge is 2.06. The standard InChI is InChI=1S/C29H32N6O3/c1-6-15-38-27-17-21(19-30-32-28(36)23-7-11-25(12-8-23)34(2)3)16-22(18-27)20-31-33-29(37)24-9-13-26(14-10-24)35(4)5/h6-14,16-20H,1,15H2,2-5H3,(H,32,36)(H,33,37). The summed E-state index contributed by atoms with van der Waals surface area (Å²) in [5.41, 5.74) is 9.38. The van der Waals surface area contributed by atoms with Gasteiger partial charge in [-0.15, -0.1) is 0 Å². The second-order valence-electron chi connectivity index (χ2n) is 8.72. The number of carbonyl (C=O) groups is 2. The van der Waals surface area contributed by atoms with E-state index in [4.69, 9.17) is 4.74 Å². The van der Waals surface area contributed by atoms with Gasteiger partial charge in [-0.05, 0) is 77.9 Å². The van der Waals surface area contributed by atoms with E-state index in [2.05, 4.69) is 27.6 Å². The van der Waals surface area contributed by atoms with E-state index in [1.165, 1.54) is 12.4 Å². The molecule has 0 atom stereocenters. The van der Waals surface area contributed by atoms with Gasteiger partial charge < -0.3 is 14.5 Å². The lowest BCUT2D eigenvalue weighted by Gasteiger charge is -2.12. The van der Waals surface area contributed by atoms with E-state index in [-0.39, 0.29) is 11.8 Å². The lowest BCUT2D eigenvalue weighted by molar-refractivity contribution is 0.0947. The summed E-state index contributed by atoms with van der Waals surface area (Å²) in [6.45, 7) is 3.98. The highest BCUT2D eigenvalue weighted by Crippen LogP contribution is 2.16. The van der Waals surface area contributed by atoms with E-state index in [1.54, 1.807) is 48.5 Å². The highest BCUT2D eigenvalue weighted by atomic mass is 16.5. The maximum atomic E-state index is 12.4. The average Bonchev–Trinajstić information content (AvgIpc) is 2.91. The molecule has 0 aliphatic heterocycles. The van der Waals surface area contributed by atoms with Gasteiger partial charge >= 0.3 is 0 Å². The Morgan fingerprint density at radius 1 is 0.763 bits per heavy atom. The Bertz CT molecular complexity index is 1220. The first-order valence-electron chi connectivity index (χ1n) is 11.9. The Morgan fingerprint density at radius 3 is 1.55 bits per heavy atom. The van der Waals surface area contributed by atoms with Gasteiger partial charge in [0.2, 0.25) is 0 Å². The molecule has 3 rings (SSSR count). The van der Waals surface area contributed by atoms with Crippen molar-refractivity contribution in [3.63, 3.8) is 0 Å². The Morgan fingerprint density at radius 2 is 1.18 bits per heavy atom. The number of amides is 2. The van der Waals surface area contributed by atoms with Gasteiger partial charge in [0.25, 0.3) is 11.8 Å². The van der Waals surface area contributed by atoms with Gasteiger partial charge in [-0.2, -0.15) is 10.2 Å². The minimum absolute atomic E-state index is 0.316. The minimum Gasteiger partial charge on any atom is -0.490 e. The SMILES string of the molecule is C=CCOc1cc(C=NNC(=O)c2ccc(N(C)C)cc2)cc(C=NNC(=O)c2ccc(N(C)C)cc2)c1.